The third-order valence-electron chi connectivity index (χ3n) is 4.36. The molecule has 1 heterocycles. The Bertz CT molecular complexity index is 325. The van der Waals surface area contributed by atoms with Crippen molar-refractivity contribution in [2.45, 2.75) is 64.5 Å². The van der Waals surface area contributed by atoms with Crippen molar-refractivity contribution in [2.24, 2.45) is 17.6 Å². The Morgan fingerprint density at radius 3 is 2.53 bits per heavy atom. The van der Waals surface area contributed by atoms with Crippen LogP contribution in [-0.4, -0.2) is 35.7 Å². The molecule has 0 aromatic rings. The summed E-state index contributed by atoms with van der Waals surface area (Å²) in [6, 6.07) is 0.331. The van der Waals surface area contributed by atoms with Crippen molar-refractivity contribution in [1.82, 2.24) is 4.90 Å². The summed E-state index contributed by atoms with van der Waals surface area (Å²) < 4.78 is 5.44. The zero-order chi connectivity index (χ0) is 14.0. The van der Waals surface area contributed by atoms with Crippen LogP contribution in [0.15, 0.2) is 0 Å². The first-order valence-corrected chi connectivity index (χ1v) is 7.60. The number of nitrogens with two attached hydrogens (primary N) is 1. The Kier molecular flexibility index (Phi) is 4.39. The van der Waals surface area contributed by atoms with Crippen LogP contribution in [0.25, 0.3) is 0 Å². The van der Waals surface area contributed by atoms with Crippen molar-refractivity contribution in [3.63, 3.8) is 0 Å². The molecule has 3 atom stereocenters. The number of amides is 1. The second kappa shape index (κ2) is 5.70. The second-order valence-corrected chi connectivity index (χ2v) is 7.09. The van der Waals surface area contributed by atoms with Gasteiger partial charge in [-0.1, -0.05) is 12.8 Å². The highest BCUT2D eigenvalue weighted by Gasteiger charge is 2.36. The van der Waals surface area contributed by atoms with Gasteiger partial charge in [0, 0.05) is 19.1 Å². The second-order valence-electron chi connectivity index (χ2n) is 7.09. The molecule has 1 amide bonds. The van der Waals surface area contributed by atoms with Gasteiger partial charge in [-0.15, -0.1) is 0 Å². The van der Waals surface area contributed by atoms with Gasteiger partial charge < -0.3 is 15.4 Å². The van der Waals surface area contributed by atoms with E-state index in [1.807, 2.05) is 25.7 Å². The van der Waals surface area contributed by atoms with Crippen LogP contribution in [0, 0.1) is 11.8 Å². The summed E-state index contributed by atoms with van der Waals surface area (Å²) in [5, 5.41) is 0. The van der Waals surface area contributed by atoms with Crippen molar-refractivity contribution in [2.75, 3.05) is 13.1 Å². The molecule has 0 spiro atoms. The van der Waals surface area contributed by atoms with E-state index < -0.39 is 5.60 Å². The average Bonchev–Trinajstić information content (AvgIpc) is 2.76. The summed E-state index contributed by atoms with van der Waals surface area (Å²) in [7, 11) is 0. The third kappa shape index (κ3) is 3.85. The molecule has 4 heteroatoms. The summed E-state index contributed by atoms with van der Waals surface area (Å²) >= 11 is 0. The molecular weight excluding hydrogens is 240 g/mol. The van der Waals surface area contributed by atoms with Gasteiger partial charge in [-0.05, 0) is 51.9 Å². The van der Waals surface area contributed by atoms with Gasteiger partial charge in [0.2, 0.25) is 0 Å². The fourth-order valence-electron chi connectivity index (χ4n) is 3.40. The first-order chi connectivity index (χ1) is 8.87. The average molecular weight is 268 g/mol. The largest absolute Gasteiger partial charge is 0.444 e. The topological polar surface area (TPSA) is 55.6 Å². The van der Waals surface area contributed by atoms with Crippen molar-refractivity contribution < 1.29 is 9.53 Å². The minimum Gasteiger partial charge on any atom is -0.444 e. The molecule has 110 valence electrons. The number of ether oxygens (including phenoxy) is 1. The highest BCUT2D eigenvalue weighted by Crippen LogP contribution is 2.34. The predicted octanol–water partition coefficient (Wildman–Crippen LogP) is 2.76. The molecule has 2 rings (SSSR count). The number of carbonyl (C=O) groups excluding carboxylic acids is 1. The van der Waals surface area contributed by atoms with Crippen LogP contribution in [0.2, 0.25) is 0 Å². The zero-order valence-corrected chi connectivity index (χ0v) is 12.5. The van der Waals surface area contributed by atoms with E-state index in [0.717, 1.165) is 25.9 Å². The Morgan fingerprint density at radius 2 is 1.89 bits per heavy atom. The van der Waals surface area contributed by atoms with Gasteiger partial charge >= 0.3 is 6.09 Å². The van der Waals surface area contributed by atoms with Crippen molar-refractivity contribution in [3.05, 3.63) is 0 Å². The molecule has 4 nitrogen and oxygen atoms in total. The maximum absolute atomic E-state index is 12.0. The summed E-state index contributed by atoms with van der Waals surface area (Å²) in [6.07, 6.45) is 5.85. The SMILES string of the molecule is CC(C)(C)OC(=O)N1CC[C@H]([C@@H]2CCCC[C@@H]2N)C1. The van der Waals surface area contributed by atoms with Crippen LogP contribution in [-0.2, 0) is 4.74 Å². The van der Waals surface area contributed by atoms with Gasteiger partial charge in [0.15, 0.2) is 0 Å². The van der Waals surface area contributed by atoms with Crippen LogP contribution < -0.4 is 5.73 Å². The van der Waals surface area contributed by atoms with Crippen molar-refractivity contribution >= 4 is 6.09 Å². The summed E-state index contributed by atoms with van der Waals surface area (Å²) in [4.78, 5) is 13.9. The fourth-order valence-corrected chi connectivity index (χ4v) is 3.40. The standard InChI is InChI=1S/C15H28N2O2/c1-15(2,3)19-14(18)17-9-8-11(10-17)12-6-4-5-7-13(12)16/h11-13H,4-10,16H2,1-3H3/t11-,12-,13-/m0/s1. The molecule has 1 saturated heterocycles. The molecule has 2 N–H and O–H groups in total. The molecule has 1 aliphatic heterocycles. The lowest BCUT2D eigenvalue weighted by Gasteiger charge is -2.33. The quantitative estimate of drug-likeness (QED) is 0.795. The number of likely N-dealkylation sites (tertiary alicyclic amines) is 1. The Labute approximate surface area is 116 Å². The van der Waals surface area contributed by atoms with E-state index in [2.05, 4.69) is 0 Å². The van der Waals surface area contributed by atoms with E-state index >= 15 is 0 Å². The molecule has 2 fully saturated rings. The lowest BCUT2D eigenvalue weighted by atomic mass is 9.76. The Morgan fingerprint density at radius 1 is 1.21 bits per heavy atom. The van der Waals surface area contributed by atoms with Crippen molar-refractivity contribution in [1.29, 1.82) is 0 Å². The van der Waals surface area contributed by atoms with Crippen LogP contribution in [0.1, 0.15) is 52.9 Å². The maximum atomic E-state index is 12.0. The molecule has 0 radical (unpaired) electrons. The number of rotatable bonds is 1. The van der Waals surface area contributed by atoms with Gasteiger partial charge in [0.25, 0.3) is 0 Å². The molecule has 0 aromatic carbocycles. The smallest absolute Gasteiger partial charge is 0.410 e. The zero-order valence-electron chi connectivity index (χ0n) is 12.5. The molecular formula is C15H28N2O2. The third-order valence-corrected chi connectivity index (χ3v) is 4.36. The number of hydrogen-bond donors (Lipinski definition) is 1. The molecule has 0 unspecified atom stereocenters. The number of nitrogens with zero attached hydrogens (tertiary/aromatic N) is 1. The lowest BCUT2D eigenvalue weighted by molar-refractivity contribution is 0.0279. The molecule has 19 heavy (non-hydrogen) atoms. The van der Waals surface area contributed by atoms with Gasteiger partial charge in [-0.2, -0.15) is 0 Å². The van der Waals surface area contributed by atoms with Crippen LogP contribution in [0.4, 0.5) is 4.79 Å². The Hall–Kier alpha value is -0.770. The van der Waals surface area contributed by atoms with Gasteiger partial charge in [0.1, 0.15) is 5.60 Å². The minimum atomic E-state index is -0.406. The van der Waals surface area contributed by atoms with Crippen LogP contribution in [0.3, 0.4) is 0 Å². The van der Waals surface area contributed by atoms with Gasteiger partial charge in [-0.3, -0.25) is 0 Å². The first-order valence-electron chi connectivity index (χ1n) is 7.60. The monoisotopic (exact) mass is 268 g/mol. The highest BCUT2D eigenvalue weighted by atomic mass is 16.6. The summed E-state index contributed by atoms with van der Waals surface area (Å²) in [5.41, 5.74) is 5.84. The van der Waals surface area contributed by atoms with E-state index in [9.17, 15) is 4.79 Å². The number of carbonyl (C=O) groups is 1. The van der Waals surface area contributed by atoms with Gasteiger partial charge in [-0.25, -0.2) is 4.79 Å². The first kappa shape index (κ1) is 14.6. The number of hydrogen-bond acceptors (Lipinski definition) is 3. The Balaban J connectivity index is 1.87. The predicted molar refractivity (Wildman–Crippen MR) is 75.8 cm³/mol. The summed E-state index contributed by atoms with van der Waals surface area (Å²) in [5.74, 6) is 1.17. The lowest BCUT2D eigenvalue weighted by Crippen LogP contribution is -2.40. The molecule has 1 aliphatic carbocycles. The summed E-state index contributed by atoms with van der Waals surface area (Å²) in [6.45, 7) is 7.39. The molecule has 0 bridgehead atoms. The van der Waals surface area contributed by atoms with E-state index in [0.29, 0.717) is 17.9 Å². The van der Waals surface area contributed by atoms with Crippen LogP contribution >= 0.6 is 0 Å². The molecule has 2 aliphatic rings. The molecule has 1 saturated carbocycles. The van der Waals surface area contributed by atoms with E-state index in [-0.39, 0.29) is 6.09 Å². The van der Waals surface area contributed by atoms with Crippen LogP contribution in [0.5, 0.6) is 0 Å². The fraction of sp³-hybridized carbons (Fsp3) is 0.933. The normalized spacial score (nSPS) is 32.4. The molecule has 0 aromatic heterocycles. The van der Waals surface area contributed by atoms with E-state index in [1.165, 1.54) is 19.3 Å². The van der Waals surface area contributed by atoms with E-state index in [4.69, 9.17) is 10.5 Å². The van der Waals surface area contributed by atoms with E-state index in [1.54, 1.807) is 0 Å². The maximum Gasteiger partial charge on any atom is 0.410 e. The van der Waals surface area contributed by atoms with Gasteiger partial charge in [0.05, 0.1) is 0 Å². The highest BCUT2D eigenvalue weighted by molar-refractivity contribution is 5.68. The minimum absolute atomic E-state index is 0.167. The van der Waals surface area contributed by atoms with Crippen molar-refractivity contribution in [3.8, 4) is 0 Å².